The molecule has 9 heteroatoms. The number of carbonyl (C=O) groups excluding carboxylic acids is 4. The maximum Gasteiger partial charge on any atom is 0.340 e. The summed E-state index contributed by atoms with van der Waals surface area (Å²) in [5.41, 5.74) is 7.21. The SMILES string of the molecule is Nc1c(C(=O)OCC(=O)Nc2nc3ccccc3s2)ccc2c1C(=O)c1ccccc1C2=O. The summed E-state index contributed by atoms with van der Waals surface area (Å²) in [6.45, 7) is -0.568. The lowest BCUT2D eigenvalue weighted by molar-refractivity contribution is -0.119. The molecule has 1 aliphatic carbocycles. The van der Waals surface area contributed by atoms with Crippen LogP contribution in [0.1, 0.15) is 42.2 Å². The fourth-order valence-corrected chi connectivity index (χ4v) is 4.56. The van der Waals surface area contributed by atoms with Crippen LogP contribution >= 0.6 is 11.3 Å². The summed E-state index contributed by atoms with van der Waals surface area (Å²) >= 11 is 1.30. The van der Waals surface area contributed by atoms with E-state index in [9.17, 15) is 19.2 Å². The topological polar surface area (TPSA) is 128 Å². The zero-order chi connectivity index (χ0) is 23.1. The Morgan fingerprint density at radius 3 is 2.36 bits per heavy atom. The Bertz CT molecular complexity index is 1460. The fraction of sp³-hybridized carbons (Fsp3) is 0.0417. The van der Waals surface area contributed by atoms with Crippen molar-refractivity contribution in [3.05, 3.63) is 88.5 Å². The van der Waals surface area contributed by atoms with Crippen molar-refractivity contribution in [2.45, 2.75) is 0 Å². The van der Waals surface area contributed by atoms with E-state index in [-0.39, 0.29) is 39.3 Å². The van der Waals surface area contributed by atoms with Gasteiger partial charge < -0.3 is 10.5 Å². The summed E-state index contributed by atoms with van der Waals surface area (Å²) in [4.78, 5) is 54.8. The minimum Gasteiger partial charge on any atom is -0.452 e. The molecule has 0 unspecified atom stereocenters. The van der Waals surface area contributed by atoms with Crippen LogP contribution in [0.5, 0.6) is 0 Å². The van der Waals surface area contributed by atoms with Crippen molar-refractivity contribution in [3.63, 3.8) is 0 Å². The number of thiazole rings is 1. The molecule has 4 aromatic rings. The van der Waals surface area contributed by atoms with Crippen molar-refractivity contribution in [1.82, 2.24) is 4.98 Å². The Morgan fingerprint density at radius 1 is 0.909 bits per heavy atom. The molecule has 1 heterocycles. The summed E-state index contributed by atoms with van der Waals surface area (Å²) in [7, 11) is 0. The van der Waals surface area contributed by atoms with E-state index in [0.29, 0.717) is 5.13 Å². The van der Waals surface area contributed by atoms with Gasteiger partial charge in [-0.05, 0) is 24.3 Å². The minimum absolute atomic E-state index is 0.0351. The highest BCUT2D eigenvalue weighted by molar-refractivity contribution is 7.22. The van der Waals surface area contributed by atoms with E-state index in [1.54, 1.807) is 18.2 Å². The number of nitrogen functional groups attached to an aromatic ring is 1. The number of benzene rings is 3. The number of hydrogen-bond acceptors (Lipinski definition) is 8. The van der Waals surface area contributed by atoms with Crippen LogP contribution in [-0.2, 0) is 9.53 Å². The number of ketones is 2. The quantitative estimate of drug-likeness (QED) is 0.312. The number of ether oxygens (including phenoxy) is 1. The number of nitrogens with zero attached hydrogens (tertiary/aromatic N) is 1. The van der Waals surface area contributed by atoms with Gasteiger partial charge in [-0.3, -0.25) is 19.7 Å². The number of aromatic nitrogens is 1. The highest BCUT2D eigenvalue weighted by Crippen LogP contribution is 2.33. The van der Waals surface area contributed by atoms with Gasteiger partial charge in [-0.25, -0.2) is 9.78 Å². The van der Waals surface area contributed by atoms with Gasteiger partial charge in [0.25, 0.3) is 5.91 Å². The summed E-state index contributed by atoms with van der Waals surface area (Å²) in [6, 6.07) is 16.5. The van der Waals surface area contributed by atoms with Crippen molar-refractivity contribution >= 4 is 55.8 Å². The molecular formula is C24H15N3O5S. The van der Waals surface area contributed by atoms with Gasteiger partial charge in [0.05, 0.1) is 27.0 Å². The summed E-state index contributed by atoms with van der Waals surface area (Å²) in [6.07, 6.45) is 0. The number of amides is 1. The lowest BCUT2D eigenvalue weighted by Crippen LogP contribution is -2.25. The van der Waals surface area contributed by atoms with Crippen LogP contribution in [0.2, 0.25) is 0 Å². The molecule has 33 heavy (non-hydrogen) atoms. The molecule has 1 aromatic heterocycles. The van der Waals surface area contributed by atoms with E-state index in [4.69, 9.17) is 10.5 Å². The second-order valence-electron chi connectivity index (χ2n) is 7.26. The molecule has 0 bridgehead atoms. The predicted octanol–water partition coefficient (Wildman–Crippen LogP) is 3.45. The summed E-state index contributed by atoms with van der Waals surface area (Å²) in [5.74, 6) is -2.24. The number of nitrogens with one attached hydrogen (secondary N) is 1. The average Bonchev–Trinajstić information content (AvgIpc) is 3.23. The van der Waals surface area contributed by atoms with Crippen molar-refractivity contribution in [3.8, 4) is 0 Å². The van der Waals surface area contributed by atoms with E-state index in [0.717, 1.165) is 10.2 Å². The van der Waals surface area contributed by atoms with Crippen molar-refractivity contribution < 1.29 is 23.9 Å². The maximum atomic E-state index is 12.9. The van der Waals surface area contributed by atoms with Crippen LogP contribution in [0, 0.1) is 0 Å². The number of esters is 1. The molecule has 0 saturated carbocycles. The van der Waals surface area contributed by atoms with Gasteiger partial charge in [-0.1, -0.05) is 47.7 Å². The first kappa shape index (κ1) is 20.5. The second-order valence-corrected chi connectivity index (χ2v) is 8.29. The van der Waals surface area contributed by atoms with E-state index >= 15 is 0 Å². The van der Waals surface area contributed by atoms with Gasteiger partial charge in [-0.15, -0.1) is 0 Å². The number of hydrogen-bond donors (Lipinski definition) is 2. The number of rotatable bonds is 4. The average molecular weight is 457 g/mol. The molecule has 162 valence electrons. The fourth-order valence-electron chi connectivity index (χ4n) is 3.68. The molecule has 3 N–H and O–H groups in total. The molecule has 0 spiro atoms. The highest BCUT2D eigenvalue weighted by atomic mass is 32.1. The Labute approximate surface area is 191 Å². The lowest BCUT2D eigenvalue weighted by Gasteiger charge is -2.20. The van der Waals surface area contributed by atoms with Gasteiger partial charge in [0.15, 0.2) is 23.3 Å². The monoisotopic (exact) mass is 457 g/mol. The van der Waals surface area contributed by atoms with Crippen molar-refractivity contribution in [1.29, 1.82) is 0 Å². The summed E-state index contributed by atoms with van der Waals surface area (Å²) < 4.78 is 6.00. The first-order chi connectivity index (χ1) is 15.9. The Hall–Kier alpha value is -4.37. The molecule has 3 aromatic carbocycles. The van der Waals surface area contributed by atoms with Gasteiger partial charge in [0.2, 0.25) is 0 Å². The van der Waals surface area contributed by atoms with Gasteiger partial charge in [0, 0.05) is 16.7 Å². The van der Waals surface area contributed by atoms with E-state index < -0.39 is 24.3 Å². The number of carbonyl (C=O) groups is 4. The zero-order valence-corrected chi connectivity index (χ0v) is 17.8. The summed E-state index contributed by atoms with van der Waals surface area (Å²) in [5, 5.41) is 2.97. The van der Waals surface area contributed by atoms with Gasteiger partial charge >= 0.3 is 5.97 Å². The standard InChI is InChI=1S/C24H15N3O5S/c25-20-15(10-9-14-19(20)22(30)13-6-2-1-5-12(13)21(14)29)23(31)32-11-18(28)27-24-26-16-7-3-4-8-17(16)33-24/h1-10H,11,25H2,(H,26,27,28). The number of para-hydroxylation sites is 1. The van der Waals surface area contributed by atoms with Crippen LogP contribution < -0.4 is 11.1 Å². The molecule has 8 nitrogen and oxygen atoms in total. The minimum atomic E-state index is -0.881. The third-order valence-corrected chi connectivity index (χ3v) is 6.18. The molecule has 5 rings (SSSR count). The molecule has 0 atom stereocenters. The molecule has 1 aliphatic rings. The van der Waals surface area contributed by atoms with Crippen molar-refractivity contribution in [2.75, 3.05) is 17.7 Å². The first-order valence-electron chi connectivity index (χ1n) is 9.87. The predicted molar refractivity (Wildman–Crippen MR) is 123 cm³/mol. The number of nitrogens with two attached hydrogens (primary N) is 1. The number of fused-ring (bicyclic) bond motifs is 3. The Morgan fingerprint density at radius 2 is 1.61 bits per heavy atom. The van der Waals surface area contributed by atoms with Gasteiger partial charge in [-0.2, -0.15) is 0 Å². The first-order valence-corrected chi connectivity index (χ1v) is 10.7. The smallest absolute Gasteiger partial charge is 0.340 e. The molecule has 0 fully saturated rings. The molecule has 0 saturated heterocycles. The normalized spacial score (nSPS) is 12.2. The largest absolute Gasteiger partial charge is 0.452 e. The molecule has 0 radical (unpaired) electrons. The zero-order valence-electron chi connectivity index (χ0n) is 17.0. The van der Waals surface area contributed by atoms with E-state index in [2.05, 4.69) is 10.3 Å². The van der Waals surface area contributed by atoms with E-state index in [1.807, 2.05) is 24.3 Å². The number of anilines is 2. The van der Waals surface area contributed by atoms with Crippen LogP contribution in [0.3, 0.4) is 0 Å². The second kappa shape index (κ2) is 7.95. The molecule has 0 aliphatic heterocycles. The van der Waals surface area contributed by atoms with Crippen LogP contribution in [0.4, 0.5) is 10.8 Å². The molecular weight excluding hydrogens is 442 g/mol. The van der Waals surface area contributed by atoms with E-state index in [1.165, 1.54) is 29.5 Å². The lowest BCUT2D eigenvalue weighted by atomic mass is 9.82. The third kappa shape index (κ3) is 3.54. The van der Waals surface area contributed by atoms with Crippen LogP contribution in [0.25, 0.3) is 10.2 Å². The maximum absolute atomic E-state index is 12.9. The van der Waals surface area contributed by atoms with Crippen molar-refractivity contribution in [2.24, 2.45) is 0 Å². The highest BCUT2D eigenvalue weighted by Gasteiger charge is 2.33. The van der Waals surface area contributed by atoms with Crippen LogP contribution in [-0.4, -0.2) is 35.0 Å². The Balaban J connectivity index is 1.32. The molecule has 1 amide bonds. The Kier molecular flexibility index (Phi) is 4.95. The van der Waals surface area contributed by atoms with Gasteiger partial charge in [0.1, 0.15) is 0 Å². The van der Waals surface area contributed by atoms with Crippen LogP contribution in [0.15, 0.2) is 60.7 Å². The third-order valence-electron chi connectivity index (χ3n) is 5.23.